The summed E-state index contributed by atoms with van der Waals surface area (Å²) in [5.41, 5.74) is -0.924. The first-order valence-electron chi connectivity index (χ1n) is 7.08. The van der Waals surface area contributed by atoms with Crippen LogP contribution in [0.2, 0.25) is 0 Å². The minimum Gasteiger partial charge on any atom is -0.376 e. The Morgan fingerprint density at radius 3 is 2.91 bits per heavy atom. The molecule has 0 aromatic carbocycles. The van der Waals surface area contributed by atoms with E-state index in [4.69, 9.17) is 4.74 Å². The number of hydrogen-bond acceptors (Lipinski definition) is 4. The third-order valence-corrected chi connectivity index (χ3v) is 4.30. The van der Waals surface area contributed by atoms with Crippen molar-refractivity contribution in [2.45, 2.75) is 44.5 Å². The molecule has 0 spiro atoms. The van der Waals surface area contributed by atoms with Gasteiger partial charge in [-0.25, -0.2) is 9.78 Å². The first kappa shape index (κ1) is 17.0. The summed E-state index contributed by atoms with van der Waals surface area (Å²) in [6.45, 7) is 2.87. The van der Waals surface area contributed by atoms with E-state index in [9.17, 15) is 18.0 Å². The summed E-state index contributed by atoms with van der Waals surface area (Å²) in [4.78, 5) is 15.4. The summed E-state index contributed by atoms with van der Waals surface area (Å²) >= 11 is 0.896. The molecule has 1 aromatic heterocycles. The highest BCUT2D eigenvalue weighted by molar-refractivity contribution is 7.09. The van der Waals surface area contributed by atoms with Gasteiger partial charge in [0.25, 0.3) is 0 Å². The van der Waals surface area contributed by atoms with Crippen molar-refractivity contribution in [1.29, 1.82) is 0 Å². The van der Waals surface area contributed by atoms with Gasteiger partial charge in [-0.05, 0) is 19.3 Å². The zero-order valence-corrected chi connectivity index (χ0v) is 12.9. The van der Waals surface area contributed by atoms with Gasteiger partial charge in [0.1, 0.15) is 5.01 Å². The second kappa shape index (κ2) is 7.28. The smallest absolute Gasteiger partial charge is 0.376 e. The summed E-state index contributed by atoms with van der Waals surface area (Å²) in [5, 5.41) is 6.54. The van der Waals surface area contributed by atoms with Crippen molar-refractivity contribution in [3.05, 3.63) is 16.1 Å². The third-order valence-electron chi connectivity index (χ3n) is 3.34. The third kappa shape index (κ3) is 4.57. The molecular weight excluding hydrogens is 319 g/mol. The standard InChI is InChI=1S/C13H18F3N3O2S/c1-2-9(11-19-10(7-22-11)13(14,15)16)18-12(20)17-6-8-4-3-5-21-8/h7-9H,2-6H2,1H3,(H2,17,18,20)/t8-,9+/m1/s1. The molecule has 2 atom stereocenters. The number of ether oxygens (including phenoxy) is 1. The van der Waals surface area contributed by atoms with Gasteiger partial charge in [-0.15, -0.1) is 11.3 Å². The molecule has 2 heterocycles. The fraction of sp³-hybridized carbons (Fsp3) is 0.692. The van der Waals surface area contributed by atoms with E-state index in [2.05, 4.69) is 15.6 Å². The lowest BCUT2D eigenvalue weighted by molar-refractivity contribution is -0.140. The number of rotatable bonds is 5. The van der Waals surface area contributed by atoms with E-state index in [0.29, 0.717) is 19.6 Å². The lowest BCUT2D eigenvalue weighted by atomic mass is 10.2. The maximum Gasteiger partial charge on any atom is 0.434 e. The van der Waals surface area contributed by atoms with Crippen LogP contribution in [0.15, 0.2) is 5.38 Å². The summed E-state index contributed by atoms with van der Waals surface area (Å²) in [7, 11) is 0. The minimum atomic E-state index is -4.46. The predicted octanol–water partition coefficient (Wildman–Crippen LogP) is 3.09. The molecule has 5 nitrogen and oxygen atoms in total. The van der Waals surface area contributed by atoms with E-state index in [0.717, 1.165) is 29.6 Å². The average molecular weight is 337 g/mol. The number of hydrogen-bond donors (Lipinski definition) is 2. The van der Waals surface area contributed by atoms with Gasteiger partial charge in [0.2, 0.25) is 0 Å². The predicted molar refractivity (Wildman–Crippen MR) is 75.7 cm³/mol. The Balaban J connectivity index is 1.88. The van der Waals surface area contributed by atoms with Crippen LogP contribution in [0.4, 0.5) is 18.0 Å². The minimum absolute atomic E-state index is 0.0162. The molecule has 0 bridgehead atoms. The molecule has 9 heteroatoms. The van der Waals surface area contributed by atoms with Crippen LogP contribution in [0.25, 0.3) is 0 Å². The Kier molecular flexibility index (Phi) is 5.63. The number of carbonyl (C=O) groups excluding carboxylic acids is 1. The van der Waals surface area contributed by atoms with E-state index < -0.39 is 23.9 Å². The van der Waals surface area contributed by atoms with Crippen molar-refractivity contribution < 1.29 is 22.7 Å². The van der Waals surface area contributed by atoms with Crippen LogP contribution in [-0.4, -0.2) is 30.3 Å². The summed E-state index contributed by atoms with van der Waals surface area (Å²) in [6.07, 6.45) is -2.11. The Morgan fingerprint density at radius 1 is 1.59 bits per heavy atom. The van der Waals surface area contributed by atoms with Crippen LogP contribution >= 0.6 is 11.3 Å². The van der Waals surface area contributed by atoms with Gasteiger partial charge < -0.3 is 15.4 Å². The molecule has 2 rings (SSSR count). The van der Waals surface area contributed by atoms with Crippen molar-refractivity contribution in [2.24, 2.45) is 0 Å². The number of alkyl halides is 3. The van der Waals surface area contributed by atoms with E-state index in [-0.39, 0.29) is 11.1 Å². The van der Waals surface area contributed by atoms with Crippen LogP contribution in [-0.2, 0) is 10.9 Å². The van der Waals surface area contributed by atoms with E-state index in [1.165, 1.54) is 0 Å². The monoisotopic (exact) mass is 337 g/mol. The molecule has 1 saturated heterocycles. The Hall–Kier alpha value is -1.35. The van der Waals surface area contributed by atoms with Gasteiger partial charge in [0.05, 0.1) is 12.1 Å². The van der Waals surface area contributed by atoms with E-state index in [1.807, 2.05) is 0 Å². The molecule has 1 aromatic rings. The number of urea groups is 1. The lowest BCUT2D eigenvalue weighted by Crippen LogP contribution is -2.41. The molecule has 1 aliphatic rings. The highest BCUT2D eigenvalue weighted by Crippen LogP contribution is 2.32. The molecule has 0 aliphatic carbocycles. The first-order valence-corrected chi connectivity index (χ1v) is 7.96. The maximum absolute atomic E-state index is 12.6. The highest BCUT2D eigenvalue weighted by atomic mass is 32.1. The SMILES string of the molecule is CC[C@H](NC(=O)NC[C@H]1CCCO1)c1nc(C(F)(F)F)cs1. The van der Waals surface area contributed by atoms with Gasteiger partial charge in [-0.3, -0.25) is 0 Å². The van der Waals surface area contributed by atoms with E-state index >= 15 is 0 Å². The normalized spacial score (nSPS) is 19.9. The van der Waals surface area contributed by atoms with Crippen LogP contribution in [0.5, 0.6) is 0 Å². The topological polar surface area (TPSA) is 63.2 Å². The number of halogens is 3. The highest BCUT2D eigenvalue weighted by Gasteiger charge is 2.34. The fourth-order valence-electron chi connectivity index (χ4n) is 2.14. The molecular formula is C13H18F3N3O2S. The molecule has 0 radical (unpaired) electrons. The van der Waals surface area contributed by atoms with Crippen LogP contribution in [0.3, 0.4) is 0 Å². The quantitative estimate of drug-likeness (QED) is 0.868. The van der Waals surface area contributed by atoms with Gasteiger partial charge in [0, 0.05) is 18.5 Å². The Labute approximate surface area is 130 Å². The van der Waals surface area contributed by atoms with Gasteiger partial charge in [-0.1, -0.05) is 6.92 Å². The molecule has 2 amide bonds. The molecule has 124 valence electrons. The van der Waals surface area contributed by atoms with Gasteiger partial charge in [0.15, 0.2) is 5.69 Å². The van der Waals surface area contributed by atoms with Crippen molar-refractivity contribution in [3.63, 3.8) is 0 Å². The van der Waals surface area contributed by atoms with Crippen LogP contribution in [0.1, 0.15) is 42.9 Å². The number of nitrogens with zero attached hydrogens (tertiary/aromatic N) is 1. The summed E-state index contributed by atoms with van der Waals surface area (Å²) in [5.74, 6) is 0. The van der Waals surface area contributed by atoms with Crippen molar-refractivity contribution in [1.82, 2.24) is 15.6 Å². The molecule has 0 saturated carbocycles. The number of amides is 2. The largest absolute Gasteiger partial charge is 0.434 e. The van der Waals surface area contributed by atoms with Crippen molar-refractivity contribution in [3.8, 4) is 0 Å². The van der Waals surface area contributed by atoms with Crippen molar-refractivity contribution in [2.75, 3.05) is 13.2 Å². The number of carbonyl (C=O) groups is 1. The maximum atomic E-state index is 12.6. The Morgan fingerprint density at radius 2 is 2.36 bits per heavy atom. The molecule has 1 aliphatic heterocycles. The molecule has 2 N–H and O–H groups in total. The molecule has 22 heavy (non-hydrogen) atoms. The fourth-order valence-corrected chi connectivity index (χ4v) is 3.10. The second-order valence-electron chi connectivity index (χ2n) is 5.02. The molecule has 1 fully saturated rings. The first-order chi connectivity index (χ1) is 10.4. The number of nitrogens with one attached hydrogen (secondary N) is 2. The zero-order valence-electron chi connectivity index (χ0n) is 12.1. The van der Waals surface area contributed by atoms with Crippen LogP contribution < -0.4 is 10.6 Å². The van der Waals surface area contributed by atoms with Gasteiger partial charge in [-0.2, -0.15) is 13.2 Å². The summed E-state index contributed by atoms with van der Waals surface area (Å²) < 4.78 is 43.0. The summed E-state index contributed by atoms with van der Waals surface area (Å²) in [6, 6.07) is -0.961. The van der Waals surface area contributed by atoms with E-state index in [1.54, 1.807) is 6.92 Å². The second-order valence-corrected chi connectivity index (χ2v) is 5.91. The van der Waals surface area contributed by atoms with Crippen molar-refractivity contribution >= 4 is 17.4 Å². The van der Waals surface area contributed by atoms with Gasteiger partial charge >= 0.3 is 12.2 Å². The Bertz CT molecular complexity index is 501. The molecule has 0 unspecified atom stereocenters. The number of thiazole rings is 1. The average Bonchev–Trinajstić information content (AvgIpc) is 3.12. The zero-order chi connectivity index (χ0) is 16.2. The lowest BCUT2D eigenvalue weighted by Gasteiger charge is -2.16. The number of aromatic nitrogens is 1. The van der Waals surface area contributed by atoms with Crippen LogP contribution in [0, 0.1) is 0 Å².